The number of rotatable bonds is 13. The Balaban J connectivity index is 3.02. The molecule has 4 N–H and O–H groups in total. The normalized spacial score (nSPS) is 12.2. The Morgan fingerprint density at radius 1 is 0.821 bits per heavy atom. The summed E-state index contributed by atoms with van der Waals surface area (Å²) in [5.74, 6) is -0.927. The number of nitrogen functional groups attached to an aromatic ring is 1. The molecule has 0 atom stereocenters. The van der Waals surface area contributed by atoms with Crippen molar-refractivity contribution < 1.29 is 21.6 Å². The van der Waals surface area contributed by atoms with E-state index in [0.717, 1.165) is 0 Å². The summed E-state index contributed by atoms with van der Waals surface area (Å²) >= 11 is 11.0. The van der Waals surface area contributed by atoms with Crippen LogP contribution in [0, 0.1) is 0 Å². The maximum absolute atomic E-state index is 11.9. The third-order valence-corrected chi connectivity index (χ3v) is 8.57. The van der Waals surface area contributed by atoms with E-state index in [0.29, 0.717) is 29.7 Å². The van der Waals surface area contributed by atoms with Crippen LogP contribution in [-0.2, 0) is 32.5 Å². The van der Waals surface area contributed by atoms with Gasteiger partial charge in [-0.15, -0.1) is 23.2 Å². The van der Waals surface area contributed by atoms with Crippen LogP contribution in [0.1, 0.15) is 34.3 Å². The second kappa shape index (κ2) is 11.2. The quantitative estimate of drug-likeness (QED) is 0.329. The van der Waals surface area contributed by atoms with Crippen LogP contribution >= 0.6 is 23.2 Å². The Labute approximate surface area is 176 Å². The van der Waals surface area contributed by atoms with Gasteiger partial charge in [-0.25, -0.2) is 16.8 Å². The van der Waals surface area contributed by atoms with E-state index in [-0.39, 0.29) is 53.2 Å². The number of halogens is 2. The van der Waals surface area contributed by atoms with Gasteiger partial charge in [0.2, 0.25) is 5.91 Å². The number of amides is 1. The number of benzene rings is 1. The van der Waals surface area contributed by atoms with Gasteiger partial charge in [0.25, 0.3) is 0 Å². The van der Waals surface area contributed by atoms with E-state index in [1.807, 2.05) is 0 Å². The minimum absolute atomic E-state index is 0.0230. The lowest BCUT2D eigenvalue weighted by molar-refractivity contribution is 0.0999. The first-order valence-electron chi connectivity index (χ1n) is 8.76. The molecule has 0 bridgehead atoms. The van der Waals surface area contributed by atoms with E-state index in [4.69, 9.17) is 34.7 Å². The lowest BCUT2D eigenvalue weighted by atomic mass is 9.92. The molecule has 0 aliphatic carbocycles. The number of carbonyl (C=O) groups is 1. The Hall–Kier alpha value is -1.03. The molecule has 0 aliphatic rings. The Kier molecular flexibility index (Phi) is 10.0. The highest BCUT2D eigenvalue weighted by atomic mass is 35.5. The zero-order chi connectivity index (χ0) is 21.4. The van der Waals surface area contributed by atoms with Gasteiger partial charge in [0.15, 0.2) is 19.7 Å². The zero-order valence-electron chi connectivity index (χ0n) is 15.5. The molecule has 0 aliphatic heterocycles. The molecule has 0 saturated heterocycles. The van der Waals surface area contributed by atoms with Gasteiger partial charge in [-0.05, 0) is 48.9 Å². The van der Waals surface area contributed by atoms with E-state index in [1.165, 1.54) is 6.07 Å². The lowest BCUT2D eigenvalue weighted by Gasteiger charge is -2.16. The van der Waals surface area contributed by atoms with Crippen LogP contribution < -0.4 is 11.5 Å². The molecule has 0 spiro atoms. The van der Waals surface area contributed by atoms with E-state index >= 15 is 0 Å². The van der Waals surface area contributed by atoms with E-state index in [9.17, 15) is 21.6 Å². The lowest BCUT2D eigenvalue weighted by Crippen LogP contribution is -2.18. The van der Waals surface area contributed by atoms with Crippen LogP contribution in [-0.4, -0.2) is 57.5 Å². The predicted octanol–water partition coefficient (Wildman–Crippen LogP) is 1.54. The summed E-state index contributed by atoms with van der Waals surface area (Å²) in [6, 6.07) is 3.06. The number of carbonyl (C=O) groups excluding carboxylic acids is 1. The van der Waals surface area contributed by atoms with Crippen LogP contribution in [0.15, 0.2) is 12.1 Å². The second-order valence-electron chi connectivity index (χ2n) is 6.41. The molecule has 1 amide bonds. The van der Waals surface area contributed by atoms with Crippen molar-refractivity contribution in [3.05, 3.63) is 28.8 Å². The topological polar surface area (TPSA) is 137 Å². The van der Waals surface area contributed by atoms with E-state index in [1.54, 1.807) is 6.07 Å². The van der Waals surface area contributed by atoms with Crippen LogP contribution in [0.25, 0.3) is 0 Å². The Bertz CT molecular complexity index is 887. The van der Waals surface area contributed by atoms with Gasteiger partial charge in [-0.2, -0.15) is 0 Å². The first-order chi connectivity index (χ1) is 13.0. The molecule has 0 heterocycles. The number of anilines is 1. The van der Waals surface area contributed by atoms with Gasteiger partial charge < -0.3 is 11.5 Å². The highest BCUT2D eigenvalue weighted by Gasteiger charge is 2.18. The fraction of sp³-hybridized carbons (Fsp3) is 0.588. The number of sulfone groups is 2. The fourth-order valence-electron chi connectivity index (χ4n) is 2.90. The number of hydrogen-bond donors (Lipinski definition) is 2. The molecule has 0 unspecified atom stereocenters. The van der Waals surface area contributed by atoms with Crippen molar-refractivity contribution in [2.75, 3.05) is 40.5 Å². The summed E-state index contributed by atoms with van der Waals surface area (Å²) < 4.78 is 47.4. The smallest absolute Gasteiger partial charge is 0.248 e. The molecule has 0 fully saturated rings. The maximum atomic E-state index is 11.9. The minimum atomic E-state index is -3.27. The molecule has 1 rings (SSSR count). The molecule has 0 radical (unpaired) electrons. The monoisotopic (exact) mass is 472 g/mol. The van der Waals surface area contributed by atoms with Crippen molar-refractivity contribution in [2.24, 2.45) is 5.73 Å². The molecule has 0 saturated carbocycles. The highest BCUT2D eigenvalue weighted by molar-refractivity contribution is 7.91. The average Bonchev–Trinajstić information content (AvgIpc) is 2.56. The summed E-state index contributed by atoms with van der Waals surface area (Å²) in [7, 11) is -6.52. The molecule has 1 aromatic carbocycles. The summed E-state index contributed by atoms with van der Waals surface area (Å²) in [6.45, 7) is 0. The Morgan fingerprint density at radius 3 is 1.71 bits per heavy atom. The number of nitrogens with two attached hydrogens (primary N) is 2. The third kappa shape index (κ3) is 8.14. The van der Waals surface area contributed by atoms with Crippen molar-refractivity contribution in [2.45, 2.75) is 25.7 Å². The van der Waals surface area contributed by atoms with Crippen LogP contribution in [0.4, 0.5) is 5.69 Å². The van der Waals surface area contributed by atoms with Crippen molar-refractivity contribution in [1.29, 1.82) is 0 Å². The maximum Gasteiger partial charge on any atom is 0.248 e. The second-order valence-corrected chi connectivity index (χ2v) is 11.8. The largest absolute Gasteiger partial charge is 0.398 e. The Morgan fingerprint density at radius 2 is 1.29 bits per heavy atom. The van der Waals surface area contributed by atoms with Gasteiger partial charge in [0, 0.05) is 23.0 Å². The van der Waals surface area contributed by atoms with Crippen molar-refractivity contribution in [1.82, 2.24) is 0 Å². The standard InChI is InChI=1S/C17H26Cl2N2O5S2/c18-7-11-27(23,24)9-1-3-13-14(4-2-10-28(25,26)12-8-19)16(20)6-5-15(13)17(21)22/h5-6H,1-4,7-12,20H2,(H2,21,22). The predicted molar refractivity (Wildman–Crippen MR) is 115 cm³/mol. The highest BCUT2D eigenvalue weighted by Crippen LogP contribution is 2.25. The van der Waals surface area contributed by atoms with Crippen LogP contribution in [0.3, 0.4) is 0 Å². The summed E-state index contributed by atoms with van der Waals surface area (Å²) in [4.78, 5) is 11.8. The van der Waals surface area contributed by atoms with E-state index in [2.05, 4.69) is 0 Å². The minimum Gasteiger partial charge on any atom is -0.398 e. The first-order valence-corrected chi connectivity index (χ1v) is 13.5. The molecular formula is C17H26Cl2N2O5S2. The van der Waals surface area contributed by atoms with Crippen molar-refractivity contribution in [3.8, 4) is 0 Å². The molecule has 0 aromatic heterocycles. The third-order valence-electron chi connectivity index (χ3n) is 4.27. The fourth-order valence-corrected chi connectivity index (χ4v) is 6.36. The van der Waals surface area contributed by atoms with Crippen LogP contribution in [0.5, 0.6) is 0 Å². The molecule has 160 valence electrons. The van der Waals surface area contributed by atoms with Gasteiger partial charge >= 0.3 is 0 Å². The van der Waals surface area contributed by atoms with Crippen LogP contribution in [0.2, 0.25) is 0 Å². The molecule has 1 aromatic rings. The van der Waals surface area contributed by atoms with Gasteiger partial charge in [-0.3, -0.25) is 4.79 Å². The SMILES string of the molecule is NC(=O)c1ccc(N)c(CCCS(=O)(=O)CCCl)c1CCCS(=O)(=O)CCCl. The summed E-state index contributed by atoms with van der Waals surface area (Å²) in [5.41, 5.74) is 13.4. The molecule has 28 heavy (non-hydrogen) atoms. The van der Waals surface area contributed by atoms with Crippen molar-refractivity contribution in [3.63, 3.8) is 0 Å². The van der Waals surface area contributed by atoms with E-state index < -0.39 is 25.6 Å². The summed E-state index contributed by atoms with van der Waals surface area (Å²) in [6.07, 6.45) is 1.20. The average molecular weight is 473 g/mol. The number of alkyl halides is 2. The molecule has 7 nitrogen and oxygen atoms in total. The van der Waals surface area contributed by atoms with Gasteiger partial charge in [0.05, 0.1) is 23.0 Å². The first kappa shape index (κ1) is 25.0. The summed E-state index contributed by atoms with van der Waals surface area (Å²) in [5, 5.41) is 0. The molecular weight excluding hydrogens is 447 g/mol. The van der Waals surface area contributed by atoms with Gasteiger partial charge in [-0.1, -0.05) is 0 Å². The molecule has 11 heteroatoms. The number of primary amides is 1. The van der Waals surface area contributed by atoms with Crippen molar-refractivity contribution >= 4 is 54.5 Å². The van der Waals surface area contributed by atoms with Gasteiger partial charge in [0.1, 0.15) is 0 Å². The number of hydrogen-bond acceptors (Lipinski definition) is 6. The zero-order valence-corrected chi connectivity index (χ0v) is 18.6.